The number of hydrogen-bond acceptors (Lipinski definition) is 4. The second kappa shape index (κ2) is 8.91. The largest absolute Gasteiger partial charge is 0.368 e. The van der Waals surface area contributed by atoms with Crippen molar-refractivity contribution in [3.8, 4) is 0 Å². The van der Waals surface area contributed by atoms with Gasteiger partial charge in [0.1, 0.15) is 0 Å². The lowest BCUT2D eigenvalue weighted by Crippen LogP contribution is -2.50. The first-order chi connectivity index (χ1) is 14.9. The third kappa shape index (κ3) is 4.62. The third-order valence-corrected chi connectivity index (χ3v) is 7.34. The van der Waals surface area contributed by atoms with Crippen LogP contribution < -0.4 is 10.2 Å². The fourth-order valence-electron chi connectivity index (χ4n) is 3.92. The fourth-order valence-corrected chi connectivity index (χ4v) is 5.52. The molecule has 0 saturated carbocycles. The quantitative estimate of drug-likeness (QED) is 0.660. The van der Waals surface area contributed by atoms with Crippen molar-refractivity contribution in [1.29, 1.82) is 0 Å². The maximum absolute atomic E-state index is 13.6. The Morgan fingerprint density at radius 2 is 1.48 bits per heavy atom. The lowest BCUT2D eigenvalue weighted by atomic mass is 10.0. The van der Waals surface area contributed by atoms with Crippen LogP contribution in [-0.2, 0) is 14.8 Å². The van der Waals surface area contributed by atoms with Crippen molar-refractivity contribution in [2.24, 2.45) is 0 Å². The van der Waals surface area contributed by atoms with Crippen LogP contribution in [0.4, 0.5) is 11.4 Å². The first-order valence-electron chi connectivity index (χ1n) is 10.2. The number of amides is 1. The van der Waals surface area contributed by atoms with Crippen molar-refractivity contribution in [2.45, 2.75) is 17.9 Å². The summed E-state index contributed by atoms with van der Waals surface area (Å²) in [5, 5.41) is 2.67. The van der Waals surface area contributed by atoms with Crippen LogP contribution in [0.25, 0.3) is 0 Å². The maximum atomic E-state index is 13.6. The average molecular weight is 436 g/mol. The van der Waals surface area contributed by atoms with Crippen molar-refractivity contribution >= 4 is 27.3 Å². The van der Waals surface area contributed by atoms with Crippen LogP contribution in [0, 0.1) is 0 Å². The molecule has 1 saturated heterocycles. The predicted molar refractivity (Wildman–Crippen MR) is 122 cm³/mol. The second-order valence-corrected chi connectivity index (χ2v) is 9.42. The minimum absolute atomic E-state index is 0.197. The Labute approximate surface area is 183 Å². The molecule has 1 atom stereocenters. The number of sulfonamides is 1. The molecule has 1 unspecified atom stereocenters. The van der Waals surface area contributed by atoms with Gasteiger partial charge in [-0.3, -0.25) is 4.79 Å². The molecule has 1 N–H and O–H groups in total. The van der Waals surface area contributed by atoms with Crippen LogP contribution in [0.2, 0.25) is 0 Å². The Bertz CT molecular complexity index is 1130. The number of nitrogens with zero attached hydrogens (tertiary/aromatic N) is 2. The molecule has 1 aliphatic rings. The van der Waals surface area contributed by atoms with Crippen molar-refractivity contribution < 1.29 is 13.2 Å². The zero-order valence-corrected chi connectivity index (χ0v) is 18.1. The summed E-state index contributed by atoms with van der Waals surface area (Å²) in [7, 11) is -3.72. The first kappa shape index (κ1) is 21.1. The zero-order valence-electron chi connectivity index (χ0n) is 17.3. The predicted octanol–water partition coefficient (Wildman–Crippen LogP) is 3.90. The second-order valence-electron chi connectivity index (χ2n) is 7.53. The monoisotopic (exact) mass is 435 g/mol. The van der Waals surface area contributed by atoms with Gasteiger partial charge < -0.3 is 10.2 Å². The minimum Gasteiger partial charge on any atom is -0.368 e. The molecule has 3 aromatic carbocycles. The average Bonchev–Trinajstić information content (AvgIpc) is 2.80. The molecule has 31 heavy (non-hydrogen) atoms. The third-order valence-electron chi connectivity index (χ3n) is 5.42. The Hall–Kier alpha value is -3.16. The molecule has 7 heteroatoms. The van der Waals surface area contributed by atoms with Crippen LogP contribution in [0.5, 0.6) is 0 Å². The van der Waals surface area contributed by atoms with Gasteiger partial charge in [-0.1, -0.05) is 48.5 Å². The van der Waals surface area contributed by atoms with E-state index in [4.69, 9.17) is 0 Å². The van der Waals surface area contributed by atoms with E-state index in [1.807, 2.05) is 60.7 Å². The highest BCUT2D eigenvalue weighted by molar-refractivity contribution is 7.89. The number of carbonyl (C=O) groups excluding carboxylic acids is 1. The van der Waals surface area contributed by atoms with Crippen LogP contribution in [0.15, 0.2) is 89.8 Å². The van der Waals surface area contributed by atoms with E-state index in [2.05, 4.69) is 10.2 Å². The summed E-state index contributed by atoms with van der Waals surface area (Å²) < 4.78 is 28.7. The number of anilines is 2. The van der Waals surface area contributed by atoms with Crippen molar-refractivity contribution in [3.63, 3.8) is 0 Å². The van der Waals surface area contributed by atoms with Gasteiger partial charge in [0.25, 0.3) is 0 Å². The van der Waals surface area contributed by atoms with Crippen molar-refractivity contribution in [3.05, 3.63) is 90.5 Å². The number of para-hydroxylation sites is 1. The van der Waals surface area contributed by atoms with E-state index in [9.17, 15) is 13.2 Å². The molecule has 0 bridgehead atoms. The van der Waals surface area contributed by atoms with E-state index < -0.39 is 10.0 Å². The molecule has 1 heterocycles. The van der Waals surface area contributed by atoms with Crippen molar-refractivity contribution in [1.82, 2.24) is 4.31 Å². The van der Waals surface area contributed by atoms with Gasteiger partial charge in [0.05, 0.1) is 10.9 Å². The van der Waals surface area contributed by atoms with Gasteiger partial charge in [-0.05, 0) is 42.0 Å². The molecule has 1 amide bonds. The highest BCUT2D eigenvalue weighted by Gasteiger charge is 2.37. The molecule has 1 aliphatic heterocycles. The van der Waals surface area contributed by atoms with E-state index in [0.29, 0.717) is 25.3 Å². The molecular formula is C24H25N3O3S. The standard InChI is InChI=1S/C24H25N3O3S/c1-19(28)25-21-12-14-23(15-13-21)31(29,30)27-17-16-26(22-10-6-3-7-11-22)18-24(27)20-8-4-2-5-9-20/h2-15,24H,16-18H2,1H3,(H,25,28). The number of piperazine rings is 1. The van der Waals surface area contributed by atoms with Crippen LogP contribution in [0.3, 0.4) is 0 Å². The van der Waals surface area contributed by atoms with E-state index in [-0.39, 0.29) is 16.8 Å². The van der Waals surface area contributed by atoms with Gasteiger partial charge in [0, 0.05) is 37.9 Å². The van der Waals surface area contributed by atoms with Gasteiger partial charge in [0.2, 0.25) is 15.9 Å². The van der Waals surface area contributed by atoms with Crippen LogP contribution >= 0.6 is 0 Å². The highest BCUT2D eigenvalue weighted by atomic mass is 32.2. The van der Waals surface area contributed by atoms with E-state index in [0.717, 1.165) is 11.3 Å². The Morgan fingerprint density at radius 3 is 2.10 bits per heavy atom. The molecule has 6 nitrogen and oxygen atoms in total. The molecule has 0 aromatic heterocycles. The SMILES string of the molecule is CC(=O)Nc1ccc(S(=O)(=O)N2CCN(c3ccccc3)CC2c2ccccc2)cc1. The van der Waals surface area contributed by atoms with E-state index >= 15 is 0 Å². The summed E-state index contributed by atoms with van der Waals surface area (Å²) >= 11 is 0. The summed E-state index contributed by atoms with van der Waals surface area (Å²) in [4.78, 5) is 13.7. The number of nitrogens with one attached hydrogen (secondary N) is 1. The van der Waals surface area contributed by atoms with E-state index in [1.54, 1.807) is 28.6 Å². The number of rotatable bonds is 5. The summed E-state index contributed by atoms with van der Waals surface area (Å²) in [6.07, 6.45) is 0. The van der Waals surface area contributed by atoms with Gasteiger partial charge in [-0.2, -0.15) is 4.31 Å². The van der Waals surface area contributed by atoms with Gasteiger partial charge in [0.15, 0.2) is 0 Å². The Kier molecular flexibility index (Phi) is 6.06. The summed E-state index contributed by atoms with van der Waals surface area (Å²) in [5.74, 6) is -0.197. The summed E-state index contributed by atoms with van der Waals surface area (Å²) in [6.45, 7) is 2.97. The summed E-state index contributed by atoms with van der Waals surface area (Å²) in [5.41, 5.74) is 2.61. The minimum atomic E-state index is -3.72. The fraction of sp³-hybridized carbons (Fsp3) is 0.208. The number of benzene rings is 3. The first-order valence-corrected chi connectivity index (χ1v) is 11.6. The molecule has 0 spiro atoms. The molecule has 3 aromatic rings. The zero-order chi connectivity index (χ0) is 21.8. The Balaban J connectivity index is 1.66. The molecular weight excluding hydrogens is 410 g/mol. The van der Waals surface area contributed by atoms with E-state index in [1.165, 1.54) is 6.92 Å². The smallest absolute Gasteiger partial charge is 0.243 e. The van der Waals surface area contributed by atoms with Gasteiger partial charge >= 0.3 is 0 Å². The lowest BCUT2D eigenvalue weighted by Gasteiger charge is -2.41. The molecule has 0 aliphatic carbocycles. The van der Waals surface area contributed by atoms with Crippen LogP contribution in [-0.4, -0.2) is 38.3 Å². The summed E-state index contributed by atoms with van der Waals surface area (Å²) in [6, 6.07) is 25.8. The molecule has 0 radical (unpaired) electrons. The maximum Gasteiger partial charge on any atom is 0.243 e. The Morgan fingerprint density at radius 1 is 0.871 bits per heavy atom. The van der Waals surface area contributed by atoms with Crippen molar-refractivity contribution in [2.75, 3.05) is 29.9 Å². The number of carbonyl (C=O) groups is 1. The molecule has 160 valence electrons. The molecule has 4 rings (SSSR count). The topological polar surface area (TPSA) is 69.7 Å². The van der Waals surface area contributed by atoms with Crippen LogP contribution in [0.1, 0.15) is 18.5 Å². The molecule has 1 fully saturated rings. The van der Waals surface area contributed by atoms with Gasteiger partial charge in [-0.25, -0.2) is 8.42 Å². The lowest BCUT2D eigenvalue weighted by molar-refractivity contribution is -0.114. The van der Waals surface area contributed by atoms with Gasteiger partial charge in [-0.15, -0.1) is 0 Å². The highest BCUT2D eigenvalue weighted by Crippen LogP contribution is 2.33. The number of hydrogen-bond donors (Lipinski definition) is 1. The normalized spacial score (nSPS) is 17.3.